The zero-order valence-corrected chi connectivity index (χ0v) is 8.94. The molecule has 0 fully saturated rings. The minimum Gasteiger partial charge on any atom is -0.477 e. The SMILES string of the molecule is Cc1nccc(C2=CC(=O)C(C)(C)O2)n1. The summed E-state index contributed by atoms with van der Waals surface area (Å²) in [4.78, 5) is 19.7. The maximum Gasteiger partial charge on any atom is 0.202 e. The lowest BCUT2D eigenvalue weighted by atomic mass is 10.1. The molecular formula is C11H12N2O2. The van der Waals surface area contributed by atoms with Gasteiger partial charge in [-0.1, -0.05) is 0 Å². The number of ketones is 1. The quantitative estimate of drug-likeness (QED) is 0.695. The van der Waals surface area contributed by atoms with Gasteiger partial charge in [-0.15, -0.1) is 0 Å². The number of carbonyl (C=O) groups excluding carboxylic acids is 1. The van der Waals surface area contributed by atoms with Crippen molar-refractivity contribution in [1.82, 2.24) is 9.97 Å². The van der Waals surface area contributed by atoms with E-state index in [1.807, 2.05) is 0 Å². The largest absolute Gasteiger partial charge is 0.477 e. The Bertz CT molecular complexity index is 450. The van der Waals surface area contributed by atoms with E-state index in [0.717, 1.165) is 0 Å². The van der Waals surface area contributed by atoms with Crippen molar-refractivity contribution in [3.63, 3.8) is 0 Å². The second-order valence-electron chi connectivity index (χ2n) is 3.97. The van der Waals surface area contributed by atoms with Gasteiger partial charge in [0.2, 0.25) is 5.78 Å². The number of hydrogen-bond acceptors (Lipinski definition) is 4. The molecule has 1 aromatic rings. The van der Waals surface area contributed by atoms with Crippen LogP contribution in [0.3, 0.4) is 0 Å². The Labute approximate surface area is 88.0 Å². The van der Waals surface area contributed by atoms with Crippen LogP contribution in [0.15, 0.2) is 18.3 Å². The Morgan fingerprint density at radius 1 is 1.40 bits per heavy atom. The molecule has 0 atom stereocenters. The van der Waals surface area contributed by atoms with Gasteiger partial charge in [0, 0.05) is 12.3 Å². The van der Waals surface area contributed by atoms with Crippen molar-refractivity contribution in [3.05, 3.63) is 29.9 Å². The fraction of sp³-hybridized carbons (Fsp3) is 0.364. The van der Waals surface area contributed by atoms with E-state index in [-0.39, 0.29) is 5.78 Å². The molecule has 0 saturated carbocycles. The average Bonchev–Trinajstić information content (AvgIpc) is 2.42. The molecule has 0 radical (unpaired) electrons. The van der Waals surface area contributed by atoms with Gasteiger partial charge in [-0.2, -0.15) is 0 Å². The molecule has 1 aliphatic heterocycles. The van der Waals surface area contributed by atoms with Crippen molar-refractivity contribution >= 4 is 11.5 Å². The molecule has 4 heteroatoms. The molecule has 2 heterocycles. The highest BCUT2D eigenvalue weighted by Crippen LogP contribution is 2.29. The van der Waals surface area contributed by atoms with Crippen molar-refractivity contribution in [1.29, 1.82) is 0 Å². The first-order valence-corrected chi connectivity index (χ1v) is 4.74. The summed E-state index contributed by atoms with van der Waals surface area (Å²) >= 11 is 0. The van der Waals surface area contributed by atoms with E-state index in [1.54, 1.807) is 33.0 Å². The Kier molecular flexibility index (Phi) is 2.07. The maximum absolute atomic E-state index is 11.5. The first kappa shape index (κ1) is 9.83. The monoisotopic (exact) mass is 204 g/mol. The summed E-state index contributed by atoms with van der Waals surface area (Å²) < 4.78 is 5.52. The predicted octanol–water partition coefficient (Wildman–Crippen LogP) is 1.50. The molecule has 0 amide bonds. The number of ether oxygens (including phenoxy) is 1. The molecule has 0 bridgehead atoms. The van der Waals surface area contributed by atoms with E-state index < -0.39 is 5.60 Å². The van der Waals surface area contributed by atoms with Crippen molar-refractivity contribution < 1.29 is 9.53 Å². The molecule has 1 aromatic heterocycles. The summed E-state index contributed by atoms with van der Waals surface area (Å²) in [6.45, 7) is 5.28. The average molecular weight is 204 g/mol. The second kappa shape index (κ2) is 3.15. The maximum atomic E-state index is 11.5. The molecule has 0 aliphatic carbocycles. The molecular weight excluding hydrogens is 192 g/mol. The van der Waals surface area contributed by atoms with Crippen LogP contribution in [0.2, 0.25) is 0 Å². The third-order valence-corrected chi connectivity index (χ3v) is 2.25. The molecule has 0 unspecified atom stereocenters. The fourth-order valence-corrected chi connectivity index (χ4v) is 1.37. The number of rotatable bonds is 1. The zero-order chi connectivity index (χ0) is 11.1. The first-order chi connectivity index (χ1) is 6.99. The molecule has 0 spiro atoms. The standard InChI is InChI=1S/C11H12N2O2/c1-7-12-5-4-8(13-7)9-6-10(14)11(2,3)15-9/h4-6H,1-3H3. The van der Waals surface area contributed by atoms with Crippen molar-refractivity contribution in [2.24, 2.45) is 0 Å². The highest BCUT2D eigenvalue weighted by atomic mass is 16.5. The van der Waals surface area contributed by atoms with Gasteiger partial charge in [-0.05, 0) is 26.8 Å². The van der Waals surface area contributed by atoms with Crippen molar-refractivity contribution in [2.75, 3.05) is 0 Å². The van der Waals surface area contributed by atoms with Crippen molar-refractivity contribution in [3.8, 4) is 0 Å². The third-order valence-electron chi connectivity index (χ3n) is 2.25. The van der Waals surface area contributed by atoms with Gasteiger partial charge in [-0.3, -0.25) is 4.79 Å². The van der Waals surface area contributed by atoms with E-state index in [9.17, 15) is 4.79 Å². The lowest BCUT2D eigenvalue weighted by molar-refractivity contribution is -0.125. The van der Waals surface area contributed by atoms with Crippen LogP contribution in [0.25, 0.3) is 5.76 Å². The lowest BCUT2D eigenvalue weighted by Gasteiger charge is -2.17. The van der Waals surface area contributed by atoms with Gasteiger partial charge >= 0.3 is 0 Å². The Morgan fingerprint density at radius 2 is 2.13 bits per heavy atom. The van der Waals surface area contributed by atoms with Crippen LogP contribution in [0.1, 0.15) is 25.4 Å². The summed E-state index contributed by atoms with van der Waals surface area (Å²) in [6.07, 6.45) is 3.14. The van der Waals surface area contributed by atoms with Gasteiger partial charge in [0.15, 0.2) is 5.60 Å². The van der Waals surface area contributed by atoms with Crippen LogP contribution in [0, 0.1) is 6.92 Å². The molecule has 1 aliphatic rings. The van der Waals surface area contributed by atoms with Crippen LogP contribution in [0.5, 0.6) is 0 Å². The lowest BCUT2D eigenvalue weighted by Crippen LogP contribution is -2.27. The number of hydrogen-bond donors (Lipinski definition) is 0. The normalized spacial score (nSPS) is 18.6. The Morgan fingerprint density at radius 3 is 2.67 bits per heavy atom. The summed E-state index contributed by atoms with van der Waals surface area (Å²) in [6, 6.07) is 1.73. The summed E-state index contributed by atoms with van der Waals surface area (Å²) in [5, 5.41) is 0. The van der Waals surface area contributed by atoms with Crippen molar-refractivity contribution in [2.45, 2.75) is 26.4 Å². The molecule has 0 N–H and O–H groups in total. The smallest absolute Gasteiger partial charge is 0.202 e. The van der Waals surface area contributed by atoms with Gasteiger partial charge in [0.25, 0.3) is 0 Å². The molecule has 0 saturated heterocycles. The van der Waals surface area contributed by atoms with E-state index >= 15 is 0 Å². The van der Waals surface area contributed by atoms with E-state index in [2.05, 4.69) is 9.97 Å². The minimum absolute atomic E-state index is 0.0336. The molecule has 2 rings (SSSR count). The summed E-state index contributed by atoms with van der Waals surface area (Å²) in [5.74, 6) is 1.15. The topological polar surface area (TPSA) is 52.1 Å². The van der Waals surface area contributed by atoms with Crippen LogP contribution in [-0.2, 0) is 9.53 Å². The van der Waals surface area contributed by atoms with Gasteiger partial charge < -0.3 is 4.74 Å². The van der Waals surface area contributed by atoms with Crippen LogP contribution in [0.4, 0.5) is 0 Å². The third kappa shape index (κ3) is 1.75. The van der Waals surface area contributed by atoms with Gasteiger partial charge in [-0.25, -0.2) is 9.97 Å². The highest BCUT2D eigenvalue weighted by Gasteiger charge is 2.35. The molecule has 0 aromatic carbocycles. The molecule has 78 valence electrons. The van der Waals surface area contributed by atoms with Crippen LogP contribution in [-0.4, -0.2) is 21.4 Å². The number of carbonyl (C=O) groups is 1. The van der Waals surface area contributed by atoms with Crippen LogP contribution >= 0.6 is 0 Å². The fourth-order valence-electron chi connectivity index (χ4n) is 1.37. The second-order valence-corrected chi connectivity index (χ2v) is 3.97. The Hall–Kier alpha value is -1.71. The summed E-state index contributed by atoms with van der Waals surface area (Å²) in [7, 11) is 0. The minimum atomic E-state index is -0.770. The first-order valence-electron chi connectivity index (χ1n) is 4.74. The molecule has 15 heavy (non-hydrogen) atoms. The number of nitrogens with zero attached hydrogens (tertiary/aromatic N) is 2. The van der Waals surface area contributed by atoms with Crippen LogP contribution < -0.4 is 0 Å². The van der Waals surface area contributed by atoms with E-state index in [1.165, 1.54) is 6.08 Å². The zero-order valence-electron chi connectivity index (χ0n) is 8.94. The predicted molar refractivity (Wildman–Crippen MR) is 54.9 cm³/mol. The van der Waals surface area contributed by atoms with Gasteiger partial charge in [0.1, 0.15) is 17.3 Å². The molecule has 4 nitrogen and oxygen atoms in total. The summed E-state index contributed by atoms with van der Waals surface area (Å²) in [5.41, 5.74) is -0.116. The highest BCUT2D eigenvalue weighted by molar-refractivity contribution is 6.04. The van der Waals surface area contributed by atoms with Gasteiger partial charge in [0.05, 0.1) is 0 Å². The Balaban J connectivity index is 2.36. The van der Waals surface area contributed by atoms with E-state index in [4.69, 9.17) is 4.74 Å². The van der Waals surface area contributed by atoms with E-state index in [0.29, 0.717) is 17.3 Å². The number of aromatic nitrogens is 2. The number of aryl methyl sites for hydroxylation is 1.